The summed E-state index contributed by atoms with van der Waals surface area (Å²) >= 11 is 0. The summed E-state index contributed by atoms with van der Waals surface area (Å²) in [4.78, 5) is 18.9. The van der Waals surface area contributed by atoms with Gasteiger partial charge in [0.05, 0.1) is 6.54 Å². The van der Waals surface area contributed by atoms with E-state index in [0.717, 1.165) is 38.2 Å². The van der Waals surface area contributed by atoms with Crippen LogP contribution in [0.25, 0.3) is 0 Å². The van der Waals surface area contributed by atoms with Crippen LogP contribution in [0.3, 0.4) is 0 Å². The van der Waals surface area contributed by atoms with Crippen molar-refractivity contribution in [2.45, 2.75) is 45.3 Å². The zero-order chi connectivity index (χ0) is 13.4. The minimum absolute atomic E-state index is 0.102. The summed E-state index contributed by atoms with van der Waals surface area (Å²) in [6.45, 7) is 4.41. The molecule has 1 aliphatic heterocycles. The van der Waals surface area contributed by atoms with Crippen LogP contribution < -0.4 is 5.73 Å². The van der Waals surface area contributed by atoms with Crippen molar-refractivity contribution in [3.05, 3.63) is 18.2 Å². The predicted octanol–water partition coefficient (Wildman–Crippen LogP) is 0.989. The largest absolute Gasteiger partial charge is 0.333 e. The molecule has 5 heteroatoms. The minimum atomic E-state index is 0.102. The van der Waals surface area contributed by atoms with Gasteiger partial charge in [0.2, 0.25) is 5.91 Å². The molecule has 3 unspecified atom stereocenters. The van der Waals surface area contributed by atoms with Gasteiger partial charge in [0.1, 0.15) is 5.82 Å². The Balaban J connectivity index is 1.71. The van der Waals surface area contributed by atoms with E-state index in [1.54, 1.807) is 0 Å². The lowest BCUT2D eigenvalue weighted by Gasteiger charge is -2.37. The molecule has 1 fully saturated rings. The molecule has 1 amide bonds. The highest BCUT2D eigenvalue weighted by atomic mass is 16.2. The van der Waals surface area contributed by atoms with Gasteiger partial charge in [0, 0.05) is 37.4 Å². The Hall–Kier alpha value is -1.36. The van der Waals surface area contributed by atoms with Crippen molar-refractivity contribution in [1.82, 2.24) is 14.5 Å². The Morgan fingerprint density at radius 2 is 2.26 bits per heavy atom. The molecule has 5 nitrogen and oxygen atoms in total. The van der Waals surface area contributed by atoms with Crippen LogP contribution in [0, 0.1) is 11.8 Å². The monoisotopic (exact) mass is 262 g/mol. The Kier molecular flexibility index (Phi) is 3.31. The molecule has 1 aliphatic carbocycles. The van der Waals surface area contributed by atoms with Crippen molar-refractivity contribution >= 4 is 5.91 Å². The topological polar surface area (TPSA) is 64.2 Å². The van der Waals surface area contributed by atoms with Gasteiger partial charge < -0.3 is 15.2 Å². The number of carbonyl (C=O) groups is 1. The van der Waals surface area contributed by atoms with Crippen LogP contribution in [0.5, 0.6) is 0 Å². The van der Waals surface area contributed by atoms with Crippen molar-refractivity contribution in [3.8, 4) is 0 Å². The molecule has 2 N–H and O–H groups in total. The summed E-state index contributed by atoms with van der Waals surface area (Å²) in [6, 6.07) is 0.175. The lowest BCUT2D eigenvalue weighted by Crippen LogP contribution is -2.47. The number of hydrogen-bond acceptors (Lipinski definition) is 3. The van der Waals surface area contributed by atoms with E-state index in [-0.39, 0.29) is 17.9 Å². The molecular formula is C14H22N4O. The quantitative estimate of drug-likeness (QED) is 0.821. The van der Waals surface area contributed by atoms with Crippen molar-refractivity contribution in [2.24, 2.45) is 17.6 Å². The average molecular weight is 262 g/mol. The van der Waals surface area contributed by atoms with Crippen LogP contribution in [-0.4, -0.2) is 32.9 Å². The lowest BCUT2D eigenvalue weighted by molar-refractivity contribution is -0.140. The molecule has 3 rings (SSSR count). The van der Waals surface area contributed by atoms with E-state index < -0.39 is 0 Å². The molecule has 104 valence electrons. The predicted molar refractivity (Wildman–Crippen MR) is 72.1 cm³/mol. The number of nitrogens with two attached hydrogens (primary N) is 1. The van der Waals surface area contributed by atoms with Gasteiger partial charge in [-0.15, -0.1) is 0 Å². The van der Waals surface area contributed by atoms with Crippen LogP contribution in [0.2, 0.25) is 0 Å². The Labute approximate surface area is 113 Å². The fraction of sp³-hybridized carbons (Fsp3) is 0.714. The molecule has 2 aliphatic rings. The Bertz CT molecular complexity index is 470. The fourth-order valence-corrected chi connectivity index (χ4v) is 3.34. The number of nitrogens with zero attached hydrogens (tertiary/aromatic N) is 3. The minimum Gasteiger partial charge on any atom is -0.333 e. The van der Waals surface area contributed by atoms with Gasteiger partial charge in [-0.1, -0.05) is 13.3 Å². The van der Waals surface area contributed by atoms with Gasteiger partial charge in [0.15, 0.2) is 0 Å². The van der Waals surface area contributed by atoms with Crippen molar-refractivity contribution in [1.29, 1.82) is 0 Å². The Morgan fingerprint density at radius 3 is 3.11 bits per heavy atom. The number of rotatable bonds is 1. The highest BCUT2D eigenvalue weighted by molar-refractivity contribution is 5.79. The van der Waals surface area contributed by atoms with Crippen LogP contribution in [-0.2, 0) is 17.9 Å². The number of hydrogen-bond donors (Lipinski definition) is 1. The van der Waals surface area contributed by atoms with Gasteiger partial charge in [-0.3, -0.25) is 4.79 Å². The molecule has 3 atom stereocenters. The normalized spacial score (nSPS) is 31.1. The van der Waals surface area contributed by atoms with Gasteiger partial charge in [-0.2, -0.15) is 0 Å². The first kappa shape index (κ1) is 12.7. The molecular weight excluding hydrogens is 240 g/mol. The second kappa shape index (κ2) is 4.96. The first-order chi connectivity index (χ1) is 9.16. The maximum Gasteiger partial charge on any atom is 0.226 e. The van der Waals surface area contributed by atoms with Crippen LogP contribution in [0.1, 0.15) is 32.0 Å². The summed E-state index contributed by atoms with van der Waals surface area (Å²) in [7, 11) is 0. The smallest absolute Gasteiger partial charge is 0.226 e. The molecule has 1 aromatic heterocycles. The fourth-order valence-electron chi connectivity index (χ4n) is 3.34. The van der Waals surface area contributed by atoms with E-state index >= 15 is 0 Å². The van der Waals surface area contributed by atoms with E-state index in [2.05, 4.69) is 16.5 Å². The number of fused-ring (bicyclic) bond motifs is 1. The first-order valence-corrected chi connectivity index (χ1v) is 7.21. The highest BCUT2D eigenvalue weighted by Crippen LogP contribution is 2.31. The standard InChI is InChI=1S/C14H22N4O/c1-10-11(3-2-4-12(10)15)14(19)18-8-7-17-6-5-16-13(17)9-18/h5-6,10-12H,2-4,7-9,15H2,1H3. The van der Waals surface area contributed by atoms with Crippen LogP contribution in [0.15, 0.2) is 12.4 Å². The molecule has 1 saturated carbocycles. The third-order valence-electron chi connectivity index (χ3n) is 4.74. The zero-order valence-corrected chi connectivity index (χ0v) is 11.5. The van der Waals surface area contributed by atoms with Crippen LogP contribution in [0.4, 0.5) is 0 Å². The summed E-state index contributed by atoms with van der Waals surface area (Å²) < 4.78 is 2.12. The van der Waals surface area contributed by atoms with Gasteiger partial charge in [0.25, 0.3) is 0 Å². The third-order valence-corrected chi connectivity index (χ3v) is 4.74. The average Bonchev–Trinajstić information content (AvgIpc) is 2.88. The summed E-state index contributed by atoms with van der Waals surface area (Å²) in [5.41, 5.74) is 6.11. The van der Waals surface area contributed by atoms with E-state index in [4.69, 9.17) is 5.73 Å². The molecule has 0 bridgehead atoms. The third kappa shape index (κ3) is 2.27. The summed E-state index contributed by atoms with van der Waals surface area (Å²) in [5, 5.41) is 0. The van der Waals surface area contributed by atoms with E-state index in [0.29, 0.717) is 12.5 Å². The number of aromatic nitrogens is 2. The number of carbonyl (C=O) groups excluding carboxylic acids is 1. The first-order valence-electron chi connectivity index (χ1n) is 7.21. The number of imidazole rings is 1. The highest BCUT2D eigenvalue weighted by Gasteiger charge is 2.36. The van der Waals surface area contributed by atoms with Crippen molar-refractivity contribution < 1.29 is 4.79 Å². The molecule has 0 saturated heterocycles. The SMILES string of the molecule is CC1C(N)CCCC1C(=O)N1CCn2ccnc2C1. The molecule has 2 heterocycles. The van der Waals surface area contributed by atoms with Crippen molar-refractivity contribution in [3.63, 3.8) is 0 Å². The lowest BCUT2D eigenvalue weighted by atomic mass is 9.76. The van der Waals surface area contributed by atoms with Gasteiger partial charge in [-0.25, -0.2) is 4.98 Å². The van der Waals surface area contributed by atoms with E-state index in [1.165, 1.54) is 0 Å². The zero-order valence-electron chi connectivity index (χ0n) is 11.5. The Morgan fingerprint density at radius 1 is 1.42 bits per heavy atom. The van der Waals surface area contributed by atoms with E-state index in [1.807, 2.05) is 17.3 Å². The van der Waals surface area contributed by atoms with Gasteiger partial charge >= 0.3 is 0 Å². The molecule has 0 aromatic carbocycles. The summed E-state index contributed by atoms with van der Waals surface area (Å²) in [5.74, 6) is 1.66. The second-order valence-electron chi connectivity index (χ2n) is 5.86. The summed E-state index contributed by atoms with van der Waals surface area (Å²) in [6.07, 6.45) is 6.90. The molecule has 19 heavy (non-hydrogen) atoms. The number of amides is 1. The maximum atomic E-state index is 12.7. The maximum absolute atomic E-state index is 12.7. The van der Waals surface area contributed by atoms with Crippen molar-refractivity contribution in [2.75, 3.05) is 6.54 Å². The molecule has 1 aromatic rings. The van der Waals surface area contributed by atoms with E-state index in [9.17, 15) is 4.79 Å². The molecule has 0 radical (unpaired) electrons. The molecule has 0 spiro atoms. The second-order valence-corrected chi connectivity index (χ2v) is 5.86. The van der Waals surface area contributed by atoms with Crippen LogP contribution >= 0.6 is 0 Å². The van der Waals surface area contributed by atoms with Gasteiger partial charge in [-0.05, 0) is 18.8 Å².